The van der Waals surface area contributed by atoms with Crippen molar-refractivity contribution in [2.45, 2.75) is 32.7 Å². The van der Waals surface area contributed by atoms with Gasteiger partial charge in [-0.1, -0.05) is 6.92 Å². The summed E-state index contributed by atoms with van der Waals surface area (Å²) < 4.78 is 4.32. The minimum absolute atomic E-state index is 0.373. The van der Waals surface area contributed by atoms with Crippen molar-refractivity contribution < 1.29 is 0 Å². The lowest BCUT2D eigenvalue weighted by Crippen LogP contribution is -2.54. The molecule has 0 unspecified atom stereocenters. The Labute approximate surface area is 112 Å². The monoisotopic (exact) mass is 265 g/mol. The fraction of sp³-hybridized carbons (Fsp3) is 0.750. The van der Waals surface area contributed by atoms with Gasteiger partial charge < -0.3 is 4.90 Å². The first kappa shape index (κ1) is 13.2. The number of nitriles is 1. The number of aryl methyl sites for hydroxylation is 1. The summed E-state index contributed by atoms with van der Waals surface area (Å²) in [6.45, 7) is 9.67. The molecule has 0 amide bonds. The molecule has 2 heterocycles. The van der Waals surface area contributed by atoms with Crippen LogP contribution >= 0.6 is 11.5 Å². The molecule has 5 nitrogen and oxygen atoms in total. The summed E-state index contributed by atoms with van der Waals surface area (Å²) in [6.07, 6.45) is 0.887. The maximum absolute atomic E-state index is 9.14. The van der Waals surface area contributed by atoms with Crippen LogP contribution in [0, 0.1) is 11.3 Å². The fourth-order valence-electron chi connectivity index (χ4n) is 2.04. The van der Waals surface area contributed by atoms with E-state index in [-0.39, 0.29) is 5.54 Å². The van der Waals surface area contributed by atoms with E-state index in [1.807, 2.05) is 13.8 Å². The molecule has 0 aliphatic carbocycles. The number of hydrogen-bond donors (Lipinski definition) is 0. The molecule has 0 aromatic carbocycles. The third-order valence-corrected chi connectivity index (χ3v) is 4.20. The third-order valence-electron chi connectivity index (χ3n) is 3.39. The highest BCUT2D eigenvalue weighted by Gasteiger charge is 2.30. The molecule has 1 aromatic rings. The Morgan fingerprint density at radius 1 is 1.33 bits per heavy atom. The number of hydrogen-bond acceptors (Lipinski definition) is 6. The lowest BCUT2D eigenvalue weighted by molar-refractivity contribution is 0.158. The quantitative estimate of drug-likeness (QED) is 0.829. The van der Waals surface area contributed by atoms with Crippen molar-refractivity contribution in [3.8, 4) is 6.07 Å². The Morgan fingerprint density at radius 3 is 2.50 bits per heavy atom. The van der Waals surface area contributed by atoms with Crippen molar-refractivity contribution >= 4 is 16.7 Å². The average Bonchev–Trinajstić information content (AvgIpc) is 2.87. The summed E-state index contributed by atoms with van der Waals surface area (Å²) in [4.78, 5) is 9.00. The lowest BCUT2D eigenvalue weighted by Gasteiger charge is -2.40. The van der Waals surface area contributed by atoms with E-state index >= 15 is 0 Å². The molecule has 98 valence electrons. The van der Waals surface area contributed by atoms with E-state index in [2.05, 4.69) is 32.2 Å². The van der Waals surface area contributed by atoms with Crippen LogP contribution in [0.1, 0.15) is 26.6 Å². The van der Waals surface area contributed by atoms with Gasteiger partial charge in [-0.3, -0.25) is 4.90 Å². The van der Waals surface area contributed by atoms with Crippen LogP contribution in [-0.4, -0.2) is 46.0 Å². The van der Waals surface area contributed by atoms with Crippen LogP contribution in [0.5, 0.6) is 0 Å². The van der Waals surface area contributed by atoms with Gasteiger partial charge in [-0.05, 0) is 13.8 Å². The molecular weight excluding hydrogens is 246 g/mol. The predicted molar refractivity (Wildman–Crippen MR) is 72.8 cm³/mol. The number of aromatic nitrogens is 2. The Kier molecular flexibility index (Phi) is 3.83. The molecule has 6 heteroatoms. The zero-order chi connectivity index (χ0) is 13.2. The van der Waals surface area contributed by atoms with Gasteiger partial charge in [0.1, 0.15) is 11.4 Å². The minimum Gasteiger partial charge on any atom is -0.344 e. The highest BCUT2D eigenvalue weighted by atomic mass is 32.1. The van der Waals surface area contributed by atoms with Crippen molar-refractivity contribution in [1.29, 1.82) is 5.26 Å². The molecule has 0 saturated carbocycles. The van der Waals surface area contributed by atoms with Gasteiger partial charge in [-0.15, -0.1) is 0 Å². The Bertz CT molecular complexity index is 440. The molecule has 18 heavy (non-hydrogen) atoms. The zero-order valence-electron chi connectivity index (χ0n) is 11.2. The predicted octanol–water partition coefficient (Wildman–Crippen LogP) is 1.52. The second-order valence-electron chi connectivity index (χ2n) is 4.99. The summed E-state index contributed by atoms with van der Waals surface area (Å²) in [5, 5.41) is 10.2. The molecule has 1 aromatic heterocycles. The highest BCUT2D eigenvalue weighted by molar-refractivity contribution is 7.09. The van der Waals surface area contributed by atoms with Crippen molar-refractivity contribution in [3.05, 3.63) is 5.82 Å². The van der Waals surface area contributed by atoms with Crippen molar-refractivity contribution in [2.24, 2.45) is 0 Å². The molecule has 1 saturated heterocycles. The van der Waals surface area contributed by atoms with Gasteiger partial charge in [0.25, 0.3) is 0 Å². The Morgan fingerprint density at radius 2 is 2.00 bits per heavy atom. The van der Waals surface area contributed by atoms with Gasteiger partial charge in [0.2, 0.25) is 5.13 Å². The first-order valence-electron chi connectivity index (χ1n) is 6.30. The second kappa shape index (κ2) is 5.21. The van der Waals surface area contributed by atoms with Crippen molar-refractivity contribution in [2.75, 3.05) is 31.1 Å². The van der Waals surface area contributed by atoms with E-state index in [9.17, 15) is 0 Å². The van der Waals surface area contributed by atoms with Gasteiger partial charge in [0, 0.05) is 44.1 Å². The van der Waals surface area contributed by atoms with E-state index in [0.29, 0.717) is 0 Å². The van der Waals surface area contributed by atoms with Crippen LogP contribution in [0.4, 0.5) is 5.13 Å². The van der Waals surface area contributed by atoms with E-state index in [0.717, 1.165) is 43.6 Å². The molecule has 1 fully saturated rings. The summed E-state index contributed by atoms with van der Waals surface area (Å²) in [5.74, 6) is 0.926. The first-order chi connectivity index (χ1) is 8.56. The summed E-state index contributed by atoms with van der Waals surface area (Å²) in [6, 6.07) is 2.36. The average molecular weight is 265 g/mol. The topological polar surface area (TPSA) is 56.1 Å². The van der Waals surface area contributed by atoms with Crippen LogP contribution < -0.4 is 4.90 Å². The first-order valence-corrected chi connectivity index (χ1v) is 7.08. The van der Waals surface area contributed by atoms with Crippen LogP contribution in [0.2, 0.25) is 0 Å². The maximum Gasteiger partial charge on any atom is 0.205 e. The SMILES string of the molecule is CCc1nsc(N2CCN(C(C)(C)C#N)CC2)n1. The molecule has 1 aliphatic rings. The van der Waals surface area contributed by atoms with Crippen LogP contribution in [-0.2, 0) is 6.42 Å². The Balaban J connectivity index is 1.97. The van der Waals surface area contributed by atoms with Gasteiger partial charge in [-0.2, -0.15) is 9.64 Å². The number of anilines is 1. The number of piperazine rings is 1. The normalized spacial score (nSPS) is 17.8. The van der Waals surface area contributed by atoms with Crippen LogP contribution in [0.15, 0.2) is 0 Å². The second-order valence-corrected chi connectivity index (χ2v) is 5.72. The fourth-order valence-corrected chi connectivity index (χ4v) is 2.85. The minimum atomic E-state index is -0.373. The molecule has 1 aliphatic heterocycles. The number of rotatable bonds is 3. The van der Waals surface area contributed by atoms with E-state index in [1.165, 1.54) is 11.5 Å². The molecule has 0 radical (unpaired) electrons. The molecule has 0 atom stereocenters. The van der Waals surface area contributed by atoms with Gasteiger partial charge >= 0.3 is 0 Å². The van der Waals surface area contributed by atoms with E-state index in [4.69, 9.17) is 5.26 Å². The van der Waals surface area contributed by atoms with Gasteiger partial charge in [0.15, 0.2) is 0 Å². The zero-order valence-corrected chi connectivity index (χ0v) is 12.0. The Hall–Kier alpha value is -1.19. The molecule has 2 rings (SSSR count). The number of nitrogens with zero attached hydrogens (tertiary/aromatic N) is 5. The largest absolute Gasteiger partial charge is 0.344 e. The molecule has 0 bridgehead atoms. The van der Waals surface area contributed by atoms with Gasteiger partial charge in [-0.25, -0.2) is 4.98 Å². The van der Waals surface area contributed by atoms with E-state index < -0.39 is 0 Å². The van der Waals surface area contributed by atoms with Crippen LogP contribution in [0.3, 0.4) is 0 Å². The summed E-state index contributed by atoms with van der Waals surface area (Å²) >= 11 is 1.48. The molecule has 0 spiro atoms. The highest BCUT2D eigenvalue weighted by Crippen LogP contribution is 2.22. The standard InChI is InChI=1S/C12H19N5S/c1-4-10-14-11(18-15-10)16-5-7-17(8-6-16)12(2,3)9-13/h4-8H2,1-3H3. The summed E-state index contributed by atoms with van der Waals surface area (Å²) in [7, 11) is 0. The van der Waals surface area contributed by atoms with Gasteiger partial charge in [0.05, 0.1) is 6.07 Å². The smallest absolute Gasteiger partial charge is 0.205 e. The van der Waals surface area contributed by atoms with Crippen molar-refractivity contribution in [1.82, 2.24) is 14.3 Å². The van der Waals surface area contributed by atoms with E-state index in [1.54, 1.807) is 0 Å². The van der Waals surface area contributed by atoms with Crippen LogP contribution in [0.25, 0.3) is 0 Å². The summed E-state index contributed by atoms with van der Waals surface area (Å²) in [5.41, 5.74) is -0.373. The van der Waals surface area contributed by atoms with Crippen molar-refractivity contribution in [3.63, 3.8) is 0 Å². The third kappa shape index (κ3) is 2.62. The molecular formula is C12H19N5S. The maximum atomic E-state index is 9.14. The lowest BCUT2D eigenvalue weighted by atomic mass is 10.0. The molecule has 0 N–H and O–H groups in total.